The number of rotatable bonds is 7. The van der Waals surface area contributed by atoms with Crippen LogP contribution in [0.3, 0.4) is 0 Å². The average Bonchev–Trinajstić information content (AvgIpc) is 2.72. The Morgan fingerprint density at radius 1 is 1.53 bits per heavy atom. The molecule has 1 amide bonds. The van der Waals surface area contributed by atoms with Crippen molar-refractivity contribution in [3.05, 3.63) is 23.7 Å². The van der Waals surface area contributed by atoms with Crippen LogP contribution < -0.4 is 11.1 Å². The third kappa shape index (κ3) is 5.07. The smallest absolute Gasteiger partial charge is 0.240 e. The number of nitrogens with two attached hydrogens (primary N) is 1. The SMILES string of the molecule is CCCC(C)(N)C(=O)NC(C)CCc1ccc(C)o1. The van der Waals surface area contributed by atoms with Gasteiger partial charge in [0.1, 0.15) is 11.5 Å². The molecule has 0 saturated carbocycles. The summed E-state index contributed by atoms with van der Waals surface area (Å²) in [6.07, 6.45) is 3.27. The highest BCUT2D eigenvalue weighted by molar-refractivity contribution is 5.85. The van der Waals surface area contributed by atoms with E-state index in [1.165, 1.54) is 0 Å². The second kappa shape index (κ2) is 6.75. The minimum absolute atomic E-state index is 0.0718. The zero-order chi connectivity index (χ0) is 14.5. The van der Waals surface area contributed by atoms with E-state index in [2.05, 4.69) is 5.32 Å². The molecule has 0 bridgehead atoms. The minimum atomic E-state index is -0.774. The number of carbonyl (C=O) groups excluding carboxylic acids is 1. The first-order valence-corrected chi connectivity index (χ1v) is 7.00. The van der Waals surface area contributed by atoms with Gasteiger partial charge in [-0.25, -0.2) is 0 Å². The maximum Gasteiger partial charge on any atom is 0.240 e. The second-order valence-electron chi connectivity index (χ2n) is 5.59. The molecule has 0 aliphatic carbocycles. The monoisotopic (exact) mass is 266 g/mol. The minimum Gasteiger partial charge on any atom is -0.466 e. The molecule has 0 radical (unpaired) electrons. The van der Waals surface area contributed by atoms with Crippen molar-refractivity contribution in [3.8, 4) is 0 Å². The molecule has 19 heavy (non-hydrogen) atoms. The van der Waals surface area contributed by atoms with Gasteiger partial charge in [0.15, 0.2) is 0 Å². The van der Waals surface area contributed by atoms with Gasteiger partial charge in [0.2, 0.25) is 5.91 Å². The van der Waals surface area contributed by atoms with E-state index in [9.17, 15) is 4.79 Å². The van der Waals surface area contributed by atoms with Gasteiger partial charge >= 0.3 is 0 Å². The Morgan fingerprint density at radius 2 is 2.21 bits per heavy atom. The molecular formula is C15H26N2O2. The maximum atomic E-state index is 12.0. The highest BCUT2D eigenvalue weighted by Crippen LogP contribution is 2.12. The van der Waals surface area contributed by atoms with Crippen LogP contribution in [-0.4, -0.2) is 17.5 Å². The highest BCUT2D eigenvalue weighted by atomic mass is 16.3. The normalized spacial score (nSPS) is 15.8. The second-order valence-corrected chi connectivity index (χ2v) is 5.59. The molecular weight excluding hydrogens is 240 g/mol. The van der Waals surface area contributed by atoms with Crippen molar-refractivity contribution in [1.82, 2.24) is 5.32 Å². The summed E-state index contributed by atoms with van der Waals surface area (Å²) >= 11 is 0. The largest absolute Gasteiger partial charge is 0.466 e. The lowest BCUT2D eigenvalue weighted by Gasteiger charge is -2.25. The van der Waals surface area contributed by atoms with Gasteiger partial charge in [-0.15, -0.1) is 0 Å². The van der Waals surface area contributed by atoms with E-state index in [-0.39, 0.29) is 11.9 Å². The van der Waals surface area contributed by atoms with Gasteiger partial charge in [-0.2, -0.15) is 0 Å². The van der Waals surface area contributed by atoms with E-state index in [4.69, 9.17) is 10.2 Å². The van der Waals surface area contributed by atoms with Crippen molar-refractivity contribution in [1.29, 1.82) is 0 Å². The van der Waals surface area contributed by atoms with Crippen LogP contribution in [0.5, 0.6) is 0 Å². The first-order chi connectivity index (χ1) is 8.85. The summed E-state index contributed by atoms with van der Waals surface area (Å²) < 4.78 is 5.51. The van der Waals surface area contributed by atoms with E-state index >= 15 is 0 Å². The molecule has 108 valence electrons. The maximum absolute atomic E-state index is 12.0. The number of amides is 1. The van der Waals surface area contributed by atoms with Crippen LogP contribution in [0.4, 0.5) is 0 Å². The number of carbonyl (C=O) groups is 1. The van der Waals surface area contributed by atoms with E-state index in [1.807, 2.05) is 32.9 Å². The highest BCUT2D eigenvalue weighted by Gasteiger charge is 2.27. The fourth-order valence-electron chi connectivity index (χ4n) is 2.07. The summed E-state index contributed by atoms with van der Waals surface area (Å²) in [7, 11) is 0. The predicted molar refractivity (Wildman–Crippen MR) is 76.9 cm³/mol. The van der Waals surface area contributed by atoms with Gasteiger partial charge in [-0.3, -0.25) is 4.79 Å². The van der Waals surface area contributed by atoms with Crippen molar-refractivity contribution in [3.63, 3.8) is 0 Å². The number of hydrogen-bond donors (Lipinski definition) is 2. The Hall–Kier alpha value is -1.29. The van der Waals surface area contributed by atoms with E-state index in [0.29, 0.717) is 6.42 Å². The van der Waals surface area contributed by atoms with Crippen molar-refractivity contribution in [2.75, 3.05) is 0 Å². The molecule has 1 aromatic heterocycles. The van der Waals surface area contributed by atoms with Crippen molar-refractivity contribution < 1.29 is 9.21 Å². The molecule has 1 rings (SSSR count). The summed E-state index contributed by atoms with van der Waals surface area (Å²) in [5.74, 6) is 1.81. The molecule has 4 nitrogen and oxygen atoms in total. The summed E-state index contributed by atoms with van der Waals surface area (Å²) in [5.41, 5.74) is 5.23. The van der Waals surface area contributed by atoms with Crippen LogP contribution in [0.2, 0.25) is 0 Å². The van der Waals surface area contributed by atoms with Crippen LogP contribution in [0.1, 0.15) is 51.6 Å². The average molecular weight is 266 g/mol. The van der Waals surface area contributed by atoms with Crippen molar-refractivity contribution >= 4 is 5.91 Å². The lowest BCUT2D eigenvalue weighted by Crippen LogP contribution is -2.53. The molecule has 2 unspecified atom stereocenters. The molecule has 0 aliphatic rings. The quantitative estimate of drug-likeness (QED) is 0.797. The molecule has 0 aromatic carbocycles. The van der Waals surface area contributed by atoms with E-state index in [1.54, 1.807) is 6.92 Å². The van der Waals surface area contributed by atoms with Crippen LogP contribution in [0.25, 0.3) is 0 Å². The number of nitrogens with one attached hydrogen (secondary N) is 1. The molecule has 1 aromatic rings. The van der Waals surface area contributed by atoms with Gasteiger partial charge in [-0.1, -0.05) is 13.3 Å². The molecule has 3 N–H and O–H groups in total. The van der Waals surface area contributed by atoms with Crippen LogP contribution >= 0.6 is 0 Å². The number of hydrogen-bond acceptors (Lipinski definition) is 3. The topological polar surface area (TPSA) is 68.3 Å². The van der Waals surface area contributed by atoms with Gasteiger partial charge in [0, 0.05) is 12.5 Å². The van der Waals surface area contributed by atoms with E-state index in [0.717, 1.165) is 30.8 Å². The van der Waals surface area contributed by atoms with Crippen molar-refractivity contribution in [2.24, 2.45) is 5.73 Å². The molecule has 0 fully saturated rings. The van der Waals surface area contributed by atoms with Crippen LogP contribution in [0.15, 0.2) is 16.5 Å². The van der Waals surface area contributed by atoms with Gasteiger partial charge in [-0.05, 0) is 45.7 Å². The number of aryl methyl sites for hydroxylation is 2. The summed E-state index contributed by atoms with van der Waals surface area (Å²) in [6.45, 7) is 7.74. The van der Waals surface area contributed by atoms with E-state index < -0.39 is 5.54 Å². The Labute approximate surface area is 115 Å². The zero-order valence-corrected chi connectivity index (χ0v) is 12.5. The first-order valence-electron chi connectivity index (χ1n) is 7.00. The molecule has 2 atom stereocenters. The lowest BCUT2D eigenvalue weighted by molar-refractivity contribution is -0.126. The first kappa shape index (κ1) is 15.8. The molecule has 0 saturated heterocycles. The summed E-state index contributed by atoms with van der Waals surface area (Å²) in [4.78, 5) is 12.0. The number of furan rings is 1. The summed E-state index contributed by atoms with van der Waals surface area (Å²) in [6, 6.07) is 4.03. The zero-order valence-electron chi connectivity index (χ0n) is 12.5. The standard InChI is InChI=1S/C15H26N2O2/c1-5-10-15(4,16)14(18)17-11(2)6-8-13-9-7-12(3)19-13/h7,9,11H,5-6,8,10,16H2,1-4H3,(H,17,18). The van der Waals surface area contributed by atoms with Crippen LogP contribution in [0, 0.1) is 6.92 Å². The molecule has 0 aliphatic heterocycles. The molecule has 1 heterocycles. The van der Waals surface area contributed by atoms with Gasteiger partial charge < -0.3 is 15.5 Å². The Morgan fingerprint density at radius 3 is 2.74 bits per heavy atom. The third-order valence-corrected chi connectivity index (χ3v) is 3.29. The molecule has 4 heteroatoms. The lowest BCUT2D eigenvalue weighted by atomic mass is 9.96. The Kier molecular flexibility index (Phi) is 5.60. The fourth-order valence-corrected chi connectivity index (χ4v) is 2.07. The predicted octanol–water partition coefficient (Wildman–Crippen LogP) is 2.54. The molecule has 0 spiro atoms. The Bertz CT molecular complexity index is 410. The Balaban J connectivity index is 2.38. The van der Waals surface area contributed by atoms with Gasteiger partial charge in [0.05, 0.1) is 5.54 Å². The third-order valence-electron chi connectivity index (χ3n) is 3.29. The fraction of sp³-hybridized carbons (Fsp3) is 0.667. The van der Waals surface area contributed by atoms with Crippen LogP contribution in [-0.2, 0) is 11.2 Å². The summed E-state index contributed by atoms with van der Waals surface area (Å²) in [5, 5.41) is 2.98. The van der Waals surface area contributed by atoms with Crippen molar-refractivity contribution in [2.45, 2.75) is 65.0 Å². The van der Waals surface area contributed by atoms with Gasteiger partial charge in [0.25, 0.3) is 0 Å².